The molecule has 0 heterocycles. The van der Waals surface area contributed by atoms with Crippen LogP contribution in [0.1, 0.15) is 67.7 Å². The van der Waals surface area contributed by atoms with Gasteiger partial charge in [0.15, 0.2) is 0 Å². The van der Waals surface area contributed by atoms with Gasteiger partial charge in [0.05, 0.1) is 5.76 Å². The van der Waals surface area contributed by atoms with E-state index < -0.39 is 8.32 Å². The van der Waals surface area contributed by atoms with Crippen molar-refractivity contribution in [2.24, 2.45) is 5.92 Å². The zero-order valence-corrected chi connectivity index (χ0v) is 14.4. The lowest BCUT2D eigenvalue weighted by molar-refractivity contribution is 0.329. The van der Waals surface area contributed by atoms with Gasteiger partial charge >= 0.3 is 0 Å². The SMILES string of the molecule is CC1C=C(O[Si](C(C)C)(C(C)C)C(C)C)CCC1. The molecule has 0 saturated heterocycles. The fourth-order valence-electron chi connectivity index (χ4n) is 3.75. The average molecular weight is 269 g/mol. The van der Waals surface area contributed by atoms with Crippen molar-refractivity contribution >= 4 is 8.32 Å². The van der Waals surface area contributed by atoms with Crippen LogP contribution in [0.2, 0.25) is 16.6 Å². The molecule has 1 rings (SSSR count). The highest BCUT2D eigenvalue weighted by molar-refractivity contribution is 6.77. The van der Waals surface area contributed by atoms with Crippen molar-refractivity contribution in [1.82, 2.24) is 0 Å². The van der Waals surface area contributed by atoms with Crippen molar-refractivity contribution in [3.05, 3.63) is 11.8 Å². The highest BCUT2D eigenvalue weighted by Gasteiger charge is 2.47. The zero-order chi connectivity index (χ0) is 13.9. The van der Waals surface area contributed by atoms with Crippen LogP contribution < -0.4 is 0 Å². The molecule has 0 aromatic rings. The summed E-state index contributed by atoms with van der Waals surface area (Å²) < 4.78 is 6.73. The number of hydrogen-bond donors (Lipinski definition) is 0. The van der Waals surface area contributed by atoms with Crippen LogP contribution in [0, 0.1) is 5.92 Å². The Kier molecular flexibility index (Phi) is 5.51. The number of rotatable bonds is 5. The van der Waals surface area contributed by atoms with Crippen LogP contribution in [-0.2, 0) is 4.43 Å². The minimum Gasteiger partial charge on any atom is -0.546 e. The Hall–Kier alpha value is -0.243. The topological polar surface area (TPSA) is 9.23 Å². The molecule has 18 heavy (non-hydrogen) atoms. The van der Waals surface area contributed by atoms with E-state index in [0.717, 1.165) is 6.42 Å². The summed E-state index contributed by atoms with van der Waals surface area (Å²) in [5, 5.41) is 0. The van der Waals surface area contributed by atoms with Gasteiger partial charge in [0.1, 0.15) is 0 Å². The monoisotopic (exact) mass is 268 g/mol. The van der Waals surface area contributed by atoms with Crippen molar-refractivity contribution in [2.45, 2.75) is 84.4 Å². The van der Waals surface area contributed by atoms with Gasteiger partial charge in [-0.1, -0.05) is 48.5 Å². The lowest BCUT2D eigenvalue weighted by Gasteiger charge is -2.43. The molecule has 0 spiro atoms. The maximum atomic E-state index is 6.73. The molecule has 0 saturated carbocycles. The molecule has 2 heteroatoms. The molecule has 106 valence electrons. The van der Waals surface area contributed by atoms with E-state index in [2.05, 4.69) is 54.5 Å². The predicted octanol–water partition coefficient (Wildman–Crippen LogP) is 5.88. The van der Waals surface area contributed by atoms with Gasteiger partial charge in [-0.3, -0.25) is 0 Å². The van der Waals surface area contributed by atoms with E-state index in [-0.39, 0.29) is 0 Å². The molecular formula is C16H32OSi. The third kappa shape index (κ3) is 3.20. The summed E-state index contributed by atoms with van der Waals surface area (Å²) in [5.74, 6) is 2.00. The van der Waals surface area contributed by atoms with E-state index in [1.807, 2.05) is 0 Å². The van der Waals surface area contributed by atoms with Gasteiger partial charge in [-0.25, -0.2) is 0 Å². The molecule has 0 aliphatic heterocycles. The van der Waals surface area contributed by atoms with E-state index in [1.165, 1.54) is 18.6 Å². The fourth-order valence-corrected chi connectivity index (χ4v) is 9.08. The van der Waals surface area contributed by atoms with Gasteiger partial charge in [-0.05, 0) is 41.5 Å². The molecule has 1 unspecified atom stereocenters. The summed E-state index contributed by atoms with van der Waals surface area (Å²) in [5.41, 5.74) is 2.03. The Morgan fingerprint density at radius 3 is 1.94 bits per heavy atom. The Morgan fingerprint density at radius 1 is 1.06 bits per heavy atom. The normalized spacial score (nSPS) is 21.7. The number of allylic oxidation sites excluding steroid dienone is 2. The highest BCUT2D eigenvalue weighted by atomic mass is 28.4. The Bertz CT molecular complexity index is 270. The summed E-state index contributed by atoms with van der Waals surface area (Å²) in [6, 6.07) is 0. The maximum Gasteiger partial charge on any atom is 0.258 e. The second-order valence-electron chi connectivity index (χ2n) is 6.92. The Morgan fingerprint density at radius 2 is 1.56 bits per heavy atom. The van der Waals surface area contributed by atoms with Crippen molar-refractivity contribution in [1.29, 1.82) is 0 Å². The van der Waals surface area contributed by atoms with Gasteiger partial charge in [0.2, 0.25) is 0 Å². The fraction of sp³-hybridized carbons (Fsp3) is 0.875. The summed E-state index contributed by atoms with van der Waals surface area (Å²) in [6.45, 7) is 16.5. The molecule has 0 N–H and O–H groups in total. The third-order valence-corrected chi connectivity index (χ3v) is 10.6. The van der Waals surface area contributed by atoms with Crippen molar-refractivity contribution in [3.8, 4) is 0 Å². The smallest absolute Gasteiger partial charge is 0.258 e. The van der Waals surface area contributed by atoms with Crippen molar-refractivity contribution < 1.29 is 4.43 Å². The molecule has 0 amide bonds. The lowest BCUT2D eigenvalue weighted by atomic mass is 9.97. The molecule has 0 aromatic carbocycles. The average Bonchev–Trinajstić information content (AvgIpc) is 2.24. The van der Waals surface area contributed by atoms with Gasteiger partial charge in [0.25, 0.3) is 8.32 Å². The van der Waals surface area contributed by atoms with Gasteiger partial charge in [-0.15, -0.1) is 0 Å². The van der Waals surface area contributed by atoms with Crippen molar-refractivity contribution in [3.63, 3.8) is 0 Å². The molecule has 1 aliphatic rings. The first-order chi connectivity index (χ1) is 8.30. The van der Waals surface area contributed by atoms with E-state index in [9.17, 15) is 0 Å². The van der Waals surface area contributed by atoms with Gasteiger partial charge in [0, 0.05) is 6.42 Å². The van der Waals surface area contributed by atoms with Gasteiger partial charge in [-0.2, -0.15) is 0 Å². The molecular weight excluding hydrogens is 236 g/mol. The van der Waals surface area contributed by atoms with Crippen LogP contribution in [0.4, 0.5) is 0 Å². The Balaban J connectivity index is 2.97. The second-order valence-corrected chi connectivity index (χ2v) is 12.3. The largest absolute Gasteiger partial charge is 0.546 e. The summed E-state index contributed by atoms with van der Waals surface area (Å²) in [4.78, 5) is 0. The molecule has 1 aliphatic carbocycles. The summed E-state index contributed by atoms with van der Waals surface area (Å²) in [7, 11) is -1.71. The first-order valence-corrected chi connectivity index (χ1v) is 9.84. The lowest BCUT2D eigenvalue weighted by Crippen LogP contribution is -2.47. The minimum atomic E-state index is -1.71. The molecule has 0 radical (unpaired) electrons. The van der Waals surface area contributed by atoms with Crippen LogP contribution in [0.15, 0.2) is 11.8 Å². The molecule has 1 nitrogen and oxygen atoms in total. The predicted molar refractivity (Wildman–Crippen MR) is 83.2 cm³/mol. The van der Waals surface area contributed by atoms with Gasteiger partial charge < -0.3 is 4.43 Å². The molecule has 0 bridgehead atoms. The van der Waals surface area contributed by atoms with E-state index >= 15 is 0 Å². The minimum absolute atomic E-state index is 0.677. The Labute approximate surface area is 115 Å². The molecule has 1 atom stereocenters. The van der Waals surface area contributed by atoms with Crippen molar-refractivity contribution in [2.75, 3.05) is 0 Å². The maximum absolute atomic E-state index is 6.73. The standard InChI is InChI=1S/C16H32OSi/c1-12(2)18(13(3)4,14(5)6)17-16-10-8-9-15(7)11-16/h11-15H,8-10H2,1-7H3. The number of hydrogen-bond acceptors (Lipinski definition) is 1. The third-order valence-electron chi connectivity index (χ3n) is 4.57. The van der Waals surface area contributed by atoms with Crippen LogP contribution in [0.5, 0.6) is 0 Å². The second kappa shape index (κ2) is 6.27. The summed E-state index contributed by atoms with van der Waals surface area (Å²) >= 11 is 0. The molecule has 0 fully saturated rings. The zero-order valence-electron chi connectivity index (χ0n) is 13.4. The first kappa shape index (κ1) is 15.8. The molecule has 0 aromatic heterocycles. The van der Waals surface area contributed by atoms with Crippen LogP contribution >= 0.6 is 0 Å². The first-order valence-electron chi connectivity index (χ1n) is 7.70. The van der Waals surface area contributed by atoms with Crippen LogP contribution in [-0.4, -0.2) is 8.32 Å². The van der Waals surface area contributed by atoms with E-state index in [1.54, 1.807) is 0 Å². The quantitative estimate of drug-likeness (QED) is 0.565. The van der Waals surface area contributed by atoms with E-state index in [0.29, 0.717) is 22.5 Å². The van der Waals surface area contributed by atoms with Crippen LogP contribution in [0.25, 0.3) is 0 Å². The van der Waals surface area contributed by atoms with E-state index in [4.69, 9.17) is 4.43 Å². The van der Waals surface area contributed by atoms with Crippen LogP contribution in [0.3, 0.4) is 0 Å². The highest BCUT2D eigenvalue weighted by Crippen LogP contribution is 2.44. The summed E-state index contributed by atoms with van der Waals surface area (Å²) in [6.07, 6.45) is 6.17.